The van der Waals surface area contributed by atoms with Gasteiger partial charge in [0.15, 0.2) is 0 Å². The molecular weight excluding hydrogens is 394 g/mol. The molecule has 0 radical (unpaired) electrons. The van der Waals surface area contributed by atoms with Gasteiger partial charge in [-0.3, -0.25) is 0 Å². The summed E-state index contributed by atoms with van der Waals surface area (Å²) < 4.78 is 15.0. The Labute approximate surface area is 123 Å². The van der Waals surface area contributed by atoms with Crippen molar-refractivity contribution in [2.24, 2.45) is 0 Å². The van der Waals surface area contributed by atoms with E-state index in [0.717, 1.165) is 8.26 Å². The summed E-state index contributed by atoms with van der Waals surface area (Å²) in [4.78, 5) is 0.596. The molecule has 0 aliphatic heterocycles. The van der Waals surface area contributed by atoms with Crippen LogP contribution in [0.15, 0.2) is 32.5 Å². The molecule has 1 unspecified atom stereocenters. The number of halogens is 4. The molecular formula is C11H6Br2ClFOS. The normalized spacial score (nSPS) is 12.8. The molecule has 1 atom stereocenters. The van der Waals surface area contributed by atoms with Crippen molar-refractivity contribution in [3.8, 4) is 0 Å². The van der Waals surface area contributed by atoms with Gasteiger partial charge in [0.25, 0.3) is 0 Å². The SMILES string of the molecule is OC(c1cc(Cl)c(Br)s1)c1cc(Br)ccc1F. The first-order valence-electron chi connectivity index (χ1n) is 4.57. The van der Waals surface area contributed by atoms with Crippen LogP contribution in [0.1, 0.15) is 16.5 Å². The first kappa shape index (κ1) is 13.5. The van der Waals surface area contributed by atoms with Crippen LogP contribution in [-0.4, -0.2) is 5.11 Å². The average Bonchev–Trinajstić information content (AvgIpc) is 2.62. The predicted molar refractivity (Wildman–Crippen MR) is 75.2 cm³/mol. The minimum atomic E-state index is -1.01. The fraction of sp³-hybridized carbons (Fsp3) is 0.0909. The Morgan fingerprint density at radius 3 is 2.59 bits per heavy atom. The summed E-state index contributed by atoms with van der Waals surface area (Å²) in [6.07, 6.45) is -1.01. The first-order valence-corrected chi connectivity index (χ1v) is 7.35. The van der Waals surface area contributed by atoms with Gasteiger partial charge in [-0.25, -0.2) is 4.39 Å². The third kappa shape index (κ3) is 2.90. The third-order valence-electron chi connectivity index (χ3n) is 2.19. The second-order valence-electron chi connectivity index (χ2n) is 3.34. The highest BCUT2D eigenvalue weighted by Crippen LogP contribution is 2.38. The Kier molecular flexibility index (Phi) is 4.26. The largest absolute Gasteiger partial charge is 0.383 e. The van der Waals surface area contributed by atoms with Crippen LogP contribution < -0.4 is 0 Å². The molecule has 17 heavy (non-hydrogen) atoms. The van der Waals surface area contributed by atoms with E-state index in [1.165, 1.54) is 17.4 Å². The van der Waals surface area contributed by atoms with Gasteiger partial charge in [0.1, 0.15) is 11.9 Å². The summed E-state index contributed by atoms with van der Waals surface area (Å²) in [5.41, 5.74) is 0.227. The van der Waals surface area contributed by atoms with Gasteiger partial charge in [0, 0.05) is 14.9 Å². The Bertz CT molecular complexity index is 539. The van der Waals surface area contributed by atoms with E-state index in [1.54, 1.807) is 18.2 Å². The smallest absolute Gasteiger partial charge is 0.129 e. The highest BCUT2D eigenvalue weighted by Gasteiger charge is 2.18. The Balaban J connectivity index is 2.42. The minimum absolute atomic E-state index is 0.227. The van der Waals surface area contributed by atoms with Crippen molar-refractivity contribution in [1.82, 2.24) is 0 Å². The van der Waals surface area contributed by atoms with E-state index >= 15 is 0 Å². The van der Waals surface area contributed by atoms with Gasteiger partial charge in [-0.05, 0) is 40.2 Å². The summed E-state index contributed by atoms with van der Waals surface area (Å²) in [5, 5.41) is 10.6. The summed E-state index contributed by atoms with van der Waals surface area (Å²) in [6, 6.07) is 6.08. The fourth-order valence-corrected chi connectivity index (χ4v) is 3.51. The van der Waals surface area contributed by atoms with Crippen molar-refractivity contribution >= 4 is 54.8 Å². The lowest BCUT2D eigenvalue weighted by Gasteiger charge is -2.10. The zero-order chi connectivity index (χ0) is 12.6. The van der Waals surface area contributed by atoms with E-state index < -0.39 is 11.9 Å². The monoisotopic (exact) mass is 398 g/mol. The lowest BCUT2D eigenvalue weighted by molar-refractivity contribution is 0.218. The number of hydrogen-bond acceptors (Lipinski definition) is 2. The van der Waals surface area contributed by atoms with Gasteiger partial charge in [-0.15, -0.1) is 11.3 Å². The molecule has 0 bridgehead atoms. The van der Waals surface area contributed by atoms with Gasteiger partial charge >= 0.3 is 0 Å². The maximum atomic E-state index is 13.6. The van der Waals surface area contributed by atoms with E-state index in [-0.39, 0.29) is 5.56 Å². The molecule has 1 aromatic carbocycles. The number of aliphatic hydroxyl groups excluding tert-OH is 1. The molecule has 1 N–H and O–H groups in total. The zero-order valence-electron chi connectivity index (χ0n) is 8.25. The zero-order valence-corrected chi connectivity index (χ0v) is 13.0. The van der Waals surface area contributed by atoms with Crippen molar-refractivity contribution in [3.05, 3.63) is 53.8 Å². The van der Waals surface area contributed by atoms with Crippen LogP contribution in [0.5, 0.6) is 0 Å². The van der Waals surface area contributed by atoms with Gasteiger partial charge in [0.2, 0.25) is 0 Å². The molecule has 0 aliphatic carbocycles. The van der Waals surface area contributed by atoms with Gasteiger partial charge < -0.3 is 5.11 Å². The van der Waals surface area contributed by atoms with Gasteiger partial charge in [-0.1, -0.05) is 27.5 Å². The molecule has 90 valence electrons. The second-order valence-corrected chi connectivity index (χ2v) is 7.06. The number of rotatable bonds is 2. The summed E-state index contributed by atoms with van der Waals surface area (Å²) in [5.74, 6) is -0.443. The molecule has 0 amide bonds. The average molecular weight is 400 g/mol. The third-order valence-corrected chi connectivity index (χ3v) is 5.21. The van der Waals surface area contributed by atoms with E-state index in [4.69, 9.17) is 11.6 Å². The first-order chi connectivity index (χ1) is 7.99. The van der Waals surface area contributed by atoms with E-state index in [1.807, 2.05) is 0 Å². The summed E-state index contributed by atoms with van der Waals surface area (Å²) >= 11 is 13.7. The van der Waals surface area contributed by atoms with E-state index in [0.29, 0.717) is 9.90 Å². The minimum Gasteiger partial charge on any atom is -0.383 e. The standard InChI is InChI=1S/C11H6Br2ClFOS/c12-5-1-2-8(15)6(3-5)10(16)9-4-7(14)11(13)17-9/h1-4,10,16H. The lowest BCUT2D eigenvalue weighted by Crippen LogP contribution is -2.00. The lowest BCUT2D eigenvalue weighted by atomic mass is 10.1. The summed E-state index contributed by atoms with van der Waals surface area (Å²) in [6.45, 7) is 0. The molecule has 2 rings (SSSR count). The second kappa shape index (κ2) is 5.36. The van der Waals surface area contributed by atoms with Crippen LogP contribution in [0.4, 0.5) is 4.39 Å². The Morgan fingerprint density at radius 1 is 1.29 bits per heavy atom. The fourth-order valence-electron chi connectivity index (χ4n) is 1.38. The van der Waals surface area contributed by atoms with Crippen molar-refractivity contribution in [2.75, 3.05) is 0 Å². The number of thiophene rings is 1. The Morgan fingerprint density at radius 2 is 2.00 bits per heavy atom. The Hall–Kier alpha value is 0.0600. The highest BCUT2D eigenvalue weighted by atomic mass is 79.9. The van der Waals surface area contributed by atoms with Gasteiger partial charge in [0.05, 0.1) is 8.81 Å². The van der Waals surface area contributed by atoms with Crippen molar-refractivity contribution < 1.29 is 9.50 Å². The molecule has 1 aromatic heterocycles. The number of aliphatic hydroxyl groups is 1. The summed E-state index contributed by atoms with van der Waals surface area (Å²) in [7, 11) is 0. The van der Waals surface area contributed by atoms with Crippen LogP contribution in [0, 0.1) is 5.82 Å². The van der Waals surface area contributed by atoms with Crippen molar-refractivity contribution in [2.45, 2.75) is 6.10 Å². The molecule has 0 spiro atoms. The predicted octanol–water partition coefficient (Wildman–Crippen LogP) is 5.15. The molecule has 0 fully saturated rings. The molecule has 1 nitrogen and oxygen atoms in total. The van der Waals surface area contributed by atoms with E-state index in [2.05, 4.69) is 31.9 Å². The topological polar surface area (TPSA) is 20.2 Å². The molecule has 0 saturated carbocycles. The van der Waals surface area contributed by atoms with E-state index in [9.17, 15) is 9.50 Å². The molecule has 6 heteroatoms. The van der Waals surface area contributed by atoms with Crippen molar-refractivity contribution in [3.63, 3.8) is 0 Å². The van der Waals surface area contributed by atoms with Crippen molar-refractivity contribution in [1.29, 1.82) is 0 Å². The highest BCUT2D eigenvalue weighted by molar-refractivity contribution is 9.11. The quantitative estimate of drug-likeness (QED) is 0.739. The maximum absolute atomic E-state index is 13.6. The van der Waals surface area contributed by atoms with Crippen LogP contribution in [0.25, 0.3) is 0 Å². The number of benzene rings is 1. The number of hydrogen-bond donors (Lipinski definition) is 1. The van der Waals surface area contributed by atoms with Crippen LogP contribution in [-0.2, 0) is 0 Å². The van der Waals surface area contributed by atoms with Crippen LogP contribution >= 0.6 is 54.8 Å². The van der Waals surface area contributed by atoms with Gasteiger partial charge in [-0.2, -0.15) is 0 Å². The maximum Gasteiger partial charge on any atom is 0.129 e. The van der Waals surface area contributed by atoms with Crippen LogP contribution in [0.2, 0.25) is 5.02 Å². The molecule has 1 heterocycles. The molecule has 0 saturated heterocycles. The van der Waals surface area contributed by atoms with Crippen LogP contribution in [0.3, 0.4) is 0 Å². The molecule has 2 aromatic rings. The molecule has 0 aliphatic rings.